The Labute approximate surface area is 214 Å². The lowest BCUT2D eigenvalue weighted by Crippen LogP contribution is -2.45. The van der Waals surface area contributed by atoms with Crippen molar-refractivity contribution in [3.8, 4) is 21.7 Å². The number of pyridine rings is 1. The van der Waals surface area contributed by atoms with Crippen molar-refractivity contribution in [3.63, 3.8) is 0 Å². The highest BCUT2D eigenvalue weighted by atomic mass is 32.1. The number of nitrogen functional groups attached to an aromatic ring is 1. The number of thiazole rings is 1. The number of carboxylic acid groups (broad SMARTS) is 1. The highest BCUT2D eigenvalue weighted by Gasteiger charge is 2.30. The van der Waals surface area contributed by atoms with Crippen molar-refractivity contribution in [2.45, 2.75) is 53.2 Å². The molecule has 188 valence electrons. The van der Waals surface area contributed by atoms with E-state index in [1.165, 1.54) is 16.2 Å². The Morgan fingerprint density at radius 3 is 2.36 bits per heavy atom. The summed E-state index contributed by atoms with van der Waals surface area (Å²) in [5, 5.41) is 14.0. The summed E-state index contributed by atoms with van der Waals surface area (Å²) >= 11 is 1.45. The first kappa shape index (κ1) is 25.4. The van der Waals surface area contributed by atoms with Gasteiger partial charge in [0.15, 0.2) is 0 Å². The first-order chi connectivity index (χ1) is 17.0. The fourth-order valence-electron chi connectivity index (χ4n) is 4.44. The van der Waals surface area contributed by atoms with E-state index >= 15 is 0 Å². The van der Waals surface area contributed by atoms with Gasteiger partial charge < -0.3 is 15.4 Å². The molecule has 0 atom stereocenters. The van der Waals surface area contributed by atoms with Gasteiger partial charge in [-0.25, -0.2) is 9.78 Å². The fraction of sp³-hybridized carbons (Fsp3) is 0.321. The Hall–Kier alpha value is -3.65. The van der Waals surface area contributed by atoms with Crippen molar-refractivity contribution < 1.29 is 9.90 Å². The summed E-state index contributed by atoms with van der Waals surface area (Å²) in [7, 11) is 0. The third-order valence-electron chi connectivity index (χ3n) is 6.11. The first-order valence-electron chi connectivity index (χ1n) is 11.9. The van der Waals surface area contributed by atoms with Gasteiger partial charge in [0.05, 0.1) is 6.54 Å². The largest absolute Gasteiger partial charge is 0.465 e. The quantitative estimate of drug-likeness (QED) is 0.320. The lowest BCUT2D eigenvalue weighted by atomic mass is 9.94. The average molecular weight is 505 g/mol. The van der Waals surface area contributed by atoms with Crippen LogP contribution in [0.2, 0.25) is 0 Å². The maximum absolute atomic E-state index is 13.9. The van der Waals surface area contributed by atoms with Crippen LogP contribution in [0, 0.1) is 5.92 Å². The Morgan fingerprint density at radius 2 is 1.81 bits per heavy atom. The smallest absolute Gasteiger partial charge is 0.408 e. The molecule has 0 aliphatic carbocycles. The second-order valence-corrected chi connectivity index (χ2v) is 11.2. The van der Waals surface area contributed by atoms with Crippen LogP contribution >= 0.6 is 11.3 Å². The molecule has 0 saturated carbocycles. The number of rotatable bonds is 6. The number of fused-ring (bicyclic) bond motifs is 1. The van der Waals surface area contributed by atoms with Gasteiger partial charge in [-0.2, -0.15) is 0 Å². The number of benzene rings is 2. The van der Waals surface area contributed by atoms with Gasteiger partial charge in [-0.1, -0.05) is 50.2 Å². The molecule has 0 unspecified atom stereocenters. The highest BCUT2D eigenvalue weighted by molar-refractivity contribution is 7.13. The zero-order valence-corrected chi connectivity index (χ0v) is 22.1. The maximum Gasteiger partial charge on any atom is 0.408 e. The van der Waals surface area contributed by atoms with Gasteiger partial charge in [-0.15, -0.1) is 11.3 Å². The molecule has 0 radical (unpaired) electrons. The van der Waals surface area contributed by atoms with Crippen LogP contribution in [0.1, 0.15) is 40.3 Å². The molecule has 4 aromatic rings. The molecule has 0 bridgehead atoms. The zero-order chi connectivity index (χ0) is 26.2. The van der Waals surface area contributed by atoms with E-state index in [1.54, 1.807) is 9.95 Å². The molecule has 8 heteroatoms. The zero-order valence-electron chi connectivity index (χ0n) is 21.3. The first-order valence-corrected chi connectivity index (χ1v) is 12.8. The van der Waals surface area contributed by atoms with Crippen LogP contribution in [0.3, 0.4) is 0 Å². The summed E-state index contributed by atoms with van der Waals surface area (Å²) in [4.78, 5) is 32.0. The second kappa shape index (κ2) is 9.78. The summed E-state index contributed by atoms with van der Waals surface area (Å²) in [6.45, 7) is 10.2. The summed E-state index contributed by atoms with van der Waals surface area (Å²) < 4.78 is 1.76. The van der Waals surface area contributed by atoms with Crippen molar-refractivity contribution in [2.24, 2.45) is 5.92 Å². The van der Waals surface area contributed by atoms with E-state index in [1.807, 2.05) is 69.3 Å². The Balaban J connectivity index is 2.12. The van der Waals surface area contributed by atoms with Gasteiger partial charge in [0, 0.05) is 39.7 Å². The normalized spacial score (nSPS) is 11.8. The van der Waals surface area contributed by atoms with Crippen LogP contribution in [0.4, 0.5) is 10.6 Å². The monoisotopic (exact) mass is 504 g/mol. The molecule has 4 rings (SSSR count). The Bertz CT molecular complexity index is 1470. The summed E-state index contributed by atoms with van der Waals surface area (Å²) in [5.41, 5.74) is 8.40. The predicted octanol–water partition coefficient (Wildman–Crippen LogP) is 6.31. The number of anilines is 1. The second-order valence-electron chi connectivity index (χ2n) is 10.4. The number of hydrogen-bond acceptors (Lipinski definition) is 5. The number of aromatic nitrogens is 2. The van der Waals surface area contributed by atoms with E-state index in [0.29, 0.717) is 23.4 Å². The lowest BCUT2D eigenvalue weighted by molar-refractivity contribution is 0.0937. The summed E-state index contributed by atoms with van der Waals surface area (Å²) in [6.07, 6.45) is -1.03. The molecule has 3 N–H and O–H groups in total. The standard InChI is InChI=1S/C28H32N4O3S/c1-17(2)14-31-22(15-32(27(34)35)28(3,4)5)24(18-9-7-6-8-10-18)21-13-19(11-12-20(21)26(31)33)25-30-23(29)16-36-25/h6-13,16-17H,14-15,29H2,1-5H3,(H,34,35). The third-order valence-corrected chi connectivity index (χ3v) is 7.02. The van der Waals surface area contributed by atoms with Crippen molar-refractivity contribution in [2.75, 3.05) is 5.73 Å². The predicted molar refractivity (Wildman–Crippen MR) is 147 cm³/mol. The molecule has 36 heavy (non-hydrogen) atoms. The molecule has 1 amide bonds. The molecular weight excluding hydrogens is 472 g/mol. The topological polar surface area (TPSA) is 101 Å². The van der Waals surface area contributed by atoms with Gasteiger partial charge >= 0.3 is 6.09 Å². The van der Waals surface area contributed by atoms with Crippen LogP contribution < -0.4 is 11.3 Å². The van der Waals surface area contributed by atoms with E-state index < -0.39 is 11.6 Å². The van der Waals surface area contributed by atoms with Gasteiger partial charge in [-0.05, 0) is 49.8 Å². The minimum atomic E-state index is -1.03. The number of amides is 1. The average Bonchev–Trinajstić information content (AvgIpc) is 3.25. The van der Waals surface area contributed by atoms with Crippen LogP contribution in [0.5, 0.6) is 0 Å². The summed E-state index contributed by atoms with van der Waals surface area (Å²) in [6, 6.07) is 15.6. The van der Waals surface area contributed by atoms with Crippen molar-refractivity contribution in [1.82, 2.24) is 14.5 Å². The van der Waals surface area contributed by atoms with Crippen LogP contribution in [-0.4, -0.2) is 31.2 Å². The minimum Gasteiger partial charge on any atom is -0.465 e. The SMILES string of the molecule is CC(C)Cn1c(CN(C(=O)O)C(C)(C)C)c(-c2ccccc2)c2cc(-c3nc(N)cs3)ccc2c1=O. The Kier molecular flexibility index (Phi) is 6.91. The molecule has 7 nitrogen and oxygen atoms in total. The fourth-order valence-corrected chi connectivity index (χ4v) is 5.15. The van der Waals surface area contributed by atoms with Gasteiger partial charge in [0.2, 0.25) is 0 Å². The van der Waals surface area contributed by atoms with Crippen LogP contribution in [0.25, 0.3) is 32.5 Å². The molecule has 0 aliphatic heterocycles. The maximum atomic E-state index is 13.9. The number of hydrogen-bond donors (Lipinski definition) is 2. The van der Waals surface area contributed by atoms with Gasteiger partial charge in [0.25, 0.3) is 5.56 Å². The molecule has 0 fully saturated rings. The molecular formula is C28H32N4O3S. The molecule has 0 spiro atoms. The number of nitrogens with two attached hydrogens (primary N) is 1. The van der Waals surface area contributed by atoms with E-state index in [-0.39, 0.29) is 18.0 Å². The minimum absolute atomic E-state index is 0.0788. The number of carbonyl (C=O) groups is 1. The van der Waals surface area contributed by atoms with Crippen molar-refractivity contribution >= 4 is 34.0 Å². The molecule has 0 aliphatic rings. The summed E-state index contributed by atoms with van der Waals surface area (Å²) in [5.74, 6) is 0.640. The molecule has 2 aromatic heterocycles. The number of nitrogens with zero attached hydrogens (tertiary/aromatic N) is 3. The molecule has 0 saturated heterocycles. The molecule has 2 aromatic carbocycles. The third kappa shape index (κ3) is 4.99. The lowest BCUT2D eigenvalue weighted by Gasteiger charge is -2.35. The highest BCUT2D eigenvalue weighted by Crippen LogP contribution is 2.36. The van der Waals surface area contributed by atoms with E-state index in [0.717, 1.165) is 27.1 Å². The Morgan fingerprint density at radius 1 is 1.11 bits per heavy atom. The van der Waals surface area contributed by atoms with Crippen molar-refractivity contribution in [1.29, 1.82) is 0 Å². The van der Waals surface area contributed by atoms with Gasteiger partial charge in [-0.3, -0.25) is 9.69 Å². The van der Waals surface area contributed by atoms with E-state index in [2.05, 4.69) is 18.8 Å². The van der Waals surface area contributed by atoms with E-state index in [4.69, 9.17) is 5.73 Å². The van der Waals surface area contributed by atoms with Crippen LogP contribution in [0.15, 0.2) is 58.7 Å². The van der Waals surface area contributed by atoms with Crippen molar-refractivity contribution in [3.05, 3.63) is 70.0 Å². The van der Waals surface area contributed by atoms with E-state index in [9.17, 15) is 14.7 Å². The van der Waals surface area contributed by atoms with Crippen LogP contribution in [-0.2, 0) is 13.1 Å². The molecule has 2 heterocycles. The van der Waals surface area contributed by atoms with Gasteiger partial charge in [0.1, 0.15) is 10.8 Å².